The fourth-order valence-corrected chi connectivity index (χ4v) is 2.41. The summed E-state index contributed by atoms with van der Waals surface area (Å²) in [6.07, 6.45) is 2.64. The second kappa shape index (κ2) is 7.54. The third-order valence-electron chi connectivity index (χ3n) is 3.62. The highest BCUT2D eigenvalue weighted by Crippen LogP contribution is 2.04. The van der Waals surface area contributed by atoms with Gasteiger partial charge in [0.25, 0.3) is 0 Å². The second-order valence-electron chi connectivity index (χ2n) is 5.28. The van der Waals surface area contributed by atoms with Crippen LogP contribution in [0.5, 0.6) is 0 Å². The zero-order chi connectivity index (χ0) is 16.8. The van der Waals surface area contributed by atoms with Gasteiger partial charge in [-0.05, 0) is 36.2 Å². The van der Waals surface area contributed by atoms with Gasteiger partial charge in [-0.25, -0.2) is 4.39 Å². The predicted molar refractivity (Wildman–Crippen MR) is 91.3 cm³/mol. The van der Waals surface area contributed by atoms with Crippen molar-refractivity contribution in [3.8, 4) is 0 Å². The van der Waals surface area contributed by atoms with Crippen molar-refractivity contribution < 1.29 is 4.39 Å². The van der Waals surface area contributed by atoms with Crippen molar-refractivity contribution in [1.82, 2.24) is 25.2 Å². The largest absolute Gasteiger partial charge is 0.356 e. The Morgan fingerprint density at radius 2 is 2.08 bits per heavy atom. The molecule has 0 bridgehead atoms. The van der Waals surface area contributed by atoms with Crippen molar-refractivity contribution in [1.29, 1.82) is 0 Å². The number of hydrogen-bond acceptors (Lipinski definition) is 3. The van der Waals surface area contributed by atoms with Gasteiger partial charge in [0.05, 0.1) is 6.54 Å². The molecule has 0 amide bonds. The number of pyridine rings is 1. The summed E-state index contributed by atoms with van der Waals surface area (Å²) < 4.78 is 15.1. The van der Waals surface area contributed by atoms with Crippen molar-refractivity contribution in [2.24, 2.45) is 4.99 Å². The van der Waals surface area contributed by atoms with E-state index in [4.69, 9.17) is 0 Å². The molecule has 124 valence electrons. The minimum atomic E-state index is -0.214. The lowest BCUT2D eigenvalue weighted by Gasteiger charge is -2.11. The molecule has 6 nitrogen and oxygen atoms in total. The van der Waals surface area contributed by atoms with Gasteiger partial charge in [0.1, 0.15) is 5.82 Å². The molecule has 3 aromatic rings. The molecule has 0 unspecified atom stereocenters. The average Bonchev–Trinajstić information content (AvgIpc) is 3.01. The maximum Gasteiger partial charge on any atom is 0.191 e. The zero-order valence-corrected chi connectivity index (χ0v) is 13.4. The van der Waals surface area contributed by atoms with E-state index in [1.54, 1.807) is 19.2 Å². The fraction of sp³-hybridized carbons (Fsp3) is 0.235. The molecule has 24 heavy (non-hydrogen) atoms. The van der Waals surface area contributed by atoms with Crippen LogP contribution < -0.4 is 10.6 Å². The predicted octanol–water partition coefficient (Wildman–Crippen LogP) is 1.78. The van der Waals surface area contributed by atoms with Crippen LogP contribution in [0.2, 0.25) is 0 Å². The smallest absolute Gasteiger partial charge is 0.191 e. The molecule has 2 aromatic heterocycles. The molecule has 0 saturated carbocycles. The van der Waals surface area contributed by atoms with E-state index in [2.05, 4.69) is 25.8 Å². The summed E-state index contributed by atoms with van der Waals surface area (Å²) in [6.45, 7) is 1.16. The van der Waals surface area contributed by atoms with Gasteiger partial charge in [0.2, 0.25) is 0 Å². The van der Waals surface area contributed by atoms with E-state index in [1.165, 1.54) is 6.07 Å². The van der Waals surface area contributed by atoms with Gasteiger partial charge in [0, 0.05) is 19.8 Å². The number of nitrogens with zero attached hydrogens (tertiary/aromatic N) is 4. The van der Waals surface area contributed by atoms with Crippen molar-refractivity contribution in [2.45, 2.75) is 13.0 Å². The Morgan fingerprint density at radius 1 is 1.17 bits per heavy atom. The number of fused-ring (bicyclic) bond motifs is 1. The highest BCUT2D eigenvalue weighted by Gasteiger charge is 2.05. The van der Waals surface area contributed by atoms with E-state index in [9.17, 15) is 4.39 Å². The van der Waals surface area contributed by atoms with Gasteiger partial charge in [-0.3, -0.25) is 9.39 Å². The number of aliphatic imine (C=N–C) groups is 1. The fourth-order valence-electron chi connectivity index (χ4n) is 2.41. The minimum Gasteiger partial charge on any atom is -0.356 e. The number of nitrogens with one attached hydrogen (secondary N) is 2. The Hall–Kier alpha value is -2.96. The number of halogens is 1. The lowest BCUT2D eigenvalue weighted by molar-refractivity contribution is 0.625. The molecule has 0 aliphatic carbocycles. The molecule has 0 atom stereocenters. The Balaban J connectivity index is 1.52. The molecule has 1 aromatic carbocycles. The number of hydrogen-bond donors (Lipinski definition) is 2. The summed E-state index contributed by atoms with van der Waals surface area (Å²) >= 11 is 0. The Kier molecular flexibility index (Phi) is 5.00. The first-order valence-electron chi connectivity index (χ1n) is 7.74. The third kappa shape index (κ3) is 3.87. The van der Waals surface area contributed by atoms with Crippen LogP contribution in [-0.2, 0) is 13.0 Å². The van der Waals surface area contributed by atoms with E-state index >= 15 is 0 Å². The number of rotatable bonds is 5. The monoisotopic (exact) mass is 326 g/mol. The van der Waals surface area contributed by atoms with Gasteiger partial charge in [-0.1, -0.05) is 18.2 Å². The number of guanidine groups is 1. The highest BCUT2D eigenvalue weighted by molar-refractivity contribution is 5.79. The van der Waals surface area contributed by atoms with Gasteiger partial charge >= 0.3 is 0 Å². The van der Waals surface area contributed by atoms with E-state index < -0.39 is 0 Å². The van der Waals surface area contributed by atoms with Crippen molar-refractivity contribution in [3.63, 3.8) is 0 Å². The molecule has 0 aliphatic heterocycles. The third-order valence-corrected chi connectivity index (χ3v) is 3.62. The standard InChI is InChI=1S/C17H19FN6/c1-19-17(20-9-8-13-5-4-6-14(18)11-13)21-12-16-23-22-15-7-2-3-10-24(15)16/h2-7,10-11H,8-9,12H2,1H3,(H2,19,20,21). The summed E-state index contributed by atoms with van der Waals surface area (Å²) in [5.41, 5.74) is 1.75. The second-order valence-corrected chi connectivity index (χ2v) is 5.28. The lowest BCUT2D eigenvalue weighted by Crippen LogP contribution is -2.38. The Labute approximate surface area is 139 Å². The van der Waals surface area contributed by atoms with Gasteiger partial charge in [-0.15, -0.1) is 10.2 Å². The minimum absolute atomic E-state index is 0.214. The highest BCUT2D eigenvalue weighted by atomic mass is 19.1. The summed E-state index contributed by atoms with van der Waals surface area (Å²) in [5.74, 6) is 1.26. The quantitative estimate of drug-likeness (QED) is 0.554. The van der Waals surface area contributed by atoms with Crippen LogP contribution in [0.4, 0.5) is 4.39 Å². The van der Waals surface area contributed by atoms with Crippen LogP contribution in [0.15, 0.2) is 53.7 Å². The zero-order valence-electron chi connectivity index (χ0n) is 13.4. The molecule has 2 N–H and O–H groups in total. The number of aromatic nitrogens is 3. The van der Waals surface area contributed by atoms with Crippen LogP contribution in [0.1, 0.15) is 11.4 Å². The summed E-state index contributed by atoms with van der Waals surface area (Å²) in [6, 6.07) is 12.4. The van der Waals surface area contributed by atoms with Gasteiger partial charge in [-0.2, -0.15) is 0 Å². The first kappa shape index (κ1) is 15.9. The Bertz CT molecular complexity index is 842. The lowest BCUT2D eigenvalue weighted by atomic mass is 10.1. The first-order valence-corrected chi connectivity index (χ1v) is 7.74. The molecule has 0 fully saturated rings. The Morgan fingerprint density at radius 3 is 2.92 bits per heavy atom. The molecule has 2 heterocycles. The van der Waals surface area contributed by atoms with Crippen molar-refractivity contribution in [2.75, 3.05) is 13.6 Å². The molecule has 0 radical (unpaired) electrons. The van der Waals surface area contributed by atoms with Crippen LogP contribution in [0.3, 0.4) is 0 Å². The molecule has 3 rings (SSSR count). The number of benzene rings is 1. The van der Waals surface area contributed by atoms with Crippen LogP contribution in [-0.4, -0.2) is 34.2 Å². The summed E-state index contributed by atoms with van der Waals surface area (Å²) in [7, 11) is 1.71. The molecule has 0 aliphatic rings. The molecule has 0 saturated heterocycles. The normalized spacial score (nSPS) is 11.7. The van der Waals surface area contributed by atoms with E-state index in [-0.39, 0.29) is 5.82 Å². The maximum absolute atomic E-state index is 13.2. The molecular weight excluding hydrogens is 307 g/mol. The first-order chi connectivity index (χ1) is 11.8. The molecular formula is C17H19FN6. The maximum atomic E-state index is 13.2. The van der Waals surface area contributed by atoms with Crippen molar-refractivity contribution >= 4 is 11.6 Å². The van der Waals surface area contributed by atoms with E-state index in [0.717, 1.165) is 17.0 Å². The van der Waals surface area contributed by atoms with Crippen molar-refractivity contribution in [3.05, 3.63) is 65.9 Å². The topological polar surface area (TPSA) is 66.6 Å². The van der Waals surface area contributed by atoms with E-state index in [0.29, 0.717) is 25.5 Å². The van der Waals surface area contributed by atoms with E-state index in [1.807, 2.05) is 34.9 Å². The summed E-state index contributed by atoms with van der Waals surface area (Å²) in [4.78, 5) is 4.18. The van der Waals surface area contributed by atoms with Gasteiger partial charge < -0.3 is 10.6 Å². The molecule has 7 heteroatoms. The molecule has 0 spiro atoms. The van der Waals surface area contributed by atoms with Crippen LogP contribution >= 0.6 is 0 Å². The summed E-state index contributed by atoms with van der Waals surface area (Å²) in [5, 5.41) is 14.7. The SMILES string of the molecule is CN=C(NCCc1cccc(F)c1)NCc1nnc2ccccn12. The average molecular weight is 326 g/mol. The van der Waals surface area contributed by atoms with Gasteiger partial charge in [0.15, 0.2) is 17.4 Å². The van der Waals surface area contributed by atoms with Crippen LogP contribution in [0.25, 0.3) is 5.65 Å². The van der Waals surface area contributed by atoms with Crippen LogP contribution in [0, 0.1) is 5.82 Å².